The van der Waals surface area contributed by atoms with Gasteiger partial charge in [-0.15, -0.1) is 0 Å². The molecule has 0 aliphatic rings. The van der Waals surface area contributed by atoms with Crippen LogP contribution in [0, 0.1) is 13.8 Å². The summed E-state index contributed by atoms with van der Waals surface area (Å²) in [6, 6.07) is 1.16. The summed E-state index contributed by atoms with van der Waals surface area (Å²) in [5.74, 6) is 0.880. The van der Waals surface area contributed by atoms with E-state index in [1.807, 2.05) is 18.7 Å². The Morgan fingerprint density at radius 3 is 2.28 bits per heavy atom. The number of rotatable bonds is 9. The first kappa shape index (κ1) is 21.5. The third-order valence-electron chi connectivity index (χ3n) is 4.61. The van der Waals surface area contributed by atoms with Gasteiger partial charge in [-0.2, -0.15) is 5.10 Å². The van der Waals surface area contributed by atoms with Crippen LogP contribution in [0.25, 0.3) is 0 Å². The molecule has 0 amide bonds. The van der Waals surface area contributed by atoms with Gasteiger partial charge in [0.15, 0.2) is 5.96 Å². The van der Waals surface area contributed by atoms with Crippen LogP contribution in [-0.2, 0) is 13.6 Å². The van der Waals surface area contributed by atoms with E-state index in [2.05, 4.69) is 62.2 Å². The number of nitrogens with zero attached hydrogens (tertiary/aromatic N) is 4. The molecule has 6 heteroatoms. The fraction of sp³-hybridized carbons (Fsp3) is 0.789. The van der Waals surface area contributed by atoms with Crippen molar-refractivity contribution in [3.8, 4) is 0 Å². The summed E-state index contributed by atoms with van der Waals surface area (Å²) in [5.41, 5.74) is 3.45. The van der Waals surface area contributed by atoms with Gasteiger partial charge in [-0.3, -0.25) is 9.58 Å². The van der Waals surface area contributed by atoms with Gasteiger partial charge in [0.05, 0.1) is 12.2 Å². The molecule has 0 unspecified atom stereocenters. The number of guanidine groups is 1. The third kappa shape index (κ3) is 6.69. The fourth-order valence-electron chi connectivity index (χ4n) is 3.13. The molecule has 0 atom stereocenters. The monoisotopic (exact) mass is 350 g/mol. The van der Waals surface area contributed by atoms with Crippen LogP contribution >= 0.6 is 0 Å². The molecule has 0 aromatic carbocycles. The average molecular weight is 351 g/mol. The number of hydrogen-bond donors (Lipinski definition) is 2. The van der Waals surface area contributed by atoms with E-state index >= 15 is 0 Å². The molecule has 25 heavy (non-hydrogen) atoms. The number of aliphatic imine (C=N–C) groups is 1. The minimum absolute atomic E-state index is 0.582. The van der Waals surface area contributed by atoms with Gasteiger partial charge in [-0.05, 0) is 54.9 Å². The lowest BCUT2D eigenvalue weighted by molar-refractivity contribution is 0.173. The third-order valence-corrected chi connectivity index (χ3v) is 4.61. The lowest BCUT2D eigenvalue weighted by Gasteiger charge is -2.30. The molecular weight excluding hydrogens is 312 g/mol. The maximum Gasteiger partial charge on any atom is 0.191 e. The maximum absolute atomic E-state index is 4.73. The summed E-state index contributed by atoms with van der Waals surface area (Å²) in [4.78, 5) is 7.26. The van der Waals surface area contributed by atoms with Crippen LogP contribution in [0.3, 0.4) is 0 Å². The highest BCUT2D eigenvalue weighted by Crippen LogP contribution is 2.12. The van der Waals surface area contributed by atoms with Crippen LogP contribution in [-0.4, -0.2) is 52.4 Å². The number of aromatic nitrogens is 2. The minimum Gasteiger partial charge on any atom is -0.357 e. The molecule has 0 saturated heterocycles. The molecule has 1 heterocycles. The van der Waals surface area contributed by atoms with E-state index in [1.165, 1.54) is 11.3 Å². The number of nitrogens with one attached hydrogen (secondary N) is 2. The Labute approximate surface area is 154 Å². The summed E-state index contributed by atoms with van der Waals surface area (Å²) in [6.45, 7) is 18.8. The standard InChI is InChI=1S/C19H38N6/c1-9-20-19(21-11-10-12-25(14(2)3)15(4)5)22-13-18-16(6)23-24(8)17(18)7/h14-15H,9-13H2,1-8H3,(H2,20,21,22). The Morgan fingerprint density at radius 2 is 1.80 bits per heavy atom. The Kier molecular flexibility index (Phi) is 8.97. The van der Waals surface area contributed by atoms with Gasteiger partial charge in [0.1, 0.15) is 0 Å². The lowest BCUT2D eigenvalue weighted by Crippen LogP contribution is -2.41. The first-order chi connectivity index (χ1) is 11.8. The molecule has 2 N–H and O–H groups in total. The van der Waals surface area contributed by atoms with Gasteiger partial charge >= 0.3 is 0 Å². The molecule has 1 aromatic heterocycles. The largest absolute Gasteiger partial charge is 0.357 e. The molecule has 0 aliphatic carbocycles. The molecular formula is C19H38N6. The molecule has 144 valence electrons. The molecule has 0 bridgehead atoms. The zero-order chi connectivity index (χ0) is 19.0. The maximum atomic E-state index is 4.73. The van der Waals surface area contributed by atoms with Crippen molar-refractivity contribution in [2.75, 3.05) is 19.6 Å². The molecule has 0 spiro atoms. The van der Waals surface area contributed by atoms with Crippen LogP contribution in [0.2, 0.25) is 0 Å². The molecule has 6 nitrogen and oxygen atoms in total. The second-order valence-corrected chi connectivity index (χ2v) is 7.17. The van der Waals surface area contributed by atoms with Crippen molar-refractivity contribution in [3.63, 3.8) is 0 Å². The highest BCUT2D eigenvalue weighted by molar-refractivity contribution is 5.79. The molecule has 0 aliphatic heterocycles. The molecule has 0 fully saturated rings. The van der Waals surface area contributed by atoms with Crippen LogP contribution in [0.4, 0.5) is 0 Å². The van der Waals surface area contributed by atoms with Gasteiger partial charge in [0.25, 0.3) is 0 Å². The Balaban J connectivity index is 2.56. The quantitative estimate of drug-likeness (QED) is 0.408. The zero-order valence-corrected chi connectivity index (χ0v) is 17.5. The van der Waals surface area contributed by atoms with Crippen LogP contribution in [0.1, 0.15) is 58.0 Å². The van der Waals surface area contributed by atoms with Gasteiger partial charge in [0, 0.05) is 50.0 Å². The molecule has 1 rings (SSSR count). The first-order valence-electron chi connectivity index (χ1n) is 9.54. The van der Waals surface area contributed by atoms with Gasteiger partial charge in [-0.25, -0.2) is 4.99 Å². The van der Waals surface area contributed by atoms with Crippen molar-refractivity contribution < 1.29 is 0 Å². The molecule has 0 radical (unpaired) electrons. The first-order valence-corrected chi connectivity index (χ1v) is 9.54. The van der Waals surface area contributed by atoms with Crippen LogP contribution in [0.5, 0.6) is 0 Å². The Bertz CT molecular complexity index is 536. The number of hydrogen-bond acceptors (Lipinski definition) is 3. The van der Waals surface area contributed by atoms with Crippen molar-refractivity contribution in [2.24, 2.45) is 12.0 Å². The van der Waals surface area contributed by atoms with Gasteiger partial charge in [0.2, 0.25) is 0 Å². The summed E-state index contributed by atoms with van der Waals surface area (Å²) in [7, 11) is 1.98. The van der Waals surface area contributed by atoms with E-state index in [-0.39, 0.29) is 0 Å². The van der Waals surface area contributed by atoms with E-state index in [1.54, 1.807) is 0 Å². The smallest absolute Gasteiger partial charge is 0.191 e. The highest BCUT2D eigenvalue weighted by Gasteiger charge is 2.12. The van der Waals surface area contributed by atoms with E-state index in [0.29, 0.717) is 18.6 Å². The van der Waals surface area contributed by atoms with Crippen molar-refractivity contribution in [1.29, 1.82) is 0 Å². The van der Waals surface area contributed by atoms with Gasteiger partial charge in [-0.1, -0.05) is 0 Å². The SMILES string of the molecule is CCNC(=NCc1c(C)nn(C)c1C)NCCCN(C(C)C)C(C)C. The average Bonchev–Trinajstić information content (AvgIpc) is 2.76. The molecule has 1 aromatic rings. The van der Waals surface area contributed by atoms with E-state index < -0.39 is 0 Å². The van der Waals surface area contributed by atoms with Crippen molar-refractivity contribution >= 4 is 5.96 Å². The van der Waals surface area contributed by atoms with E-state index in [4.69, 9.17) is 4.99 Å². The van der Waals surface area contributed by atoms with Crippen molar-refractivity contribution in [1.82, 2.24) is 25.3 Å². The Morgan fingerprint density at radius 1 is 1.16 bits per heavy atom. The second-order valence-electron chi connectivity index (χ2n) is 7.17. The zero-order valence-electron chi connectivity index (χ0n) is 17.5. The summed E-state index contributed by atoms with van der Waals surface area (Å²) in [6.07, 6.45) is 1.10. The topological polar surface area (TPSA) is 57.5 Å². The van der Waals surface area contributed by atoms with Crippen molar-refractivity contribution in [3.05, 3.63) is 17.0 Å². The van der Waals surface area contributed by atoms with E-state index in [0.717, 1.165) is 37.7 Å². The predicted octanol–water partition coefficient (Wildman–Crippen LogP) is 2.60. The predicted molar refractivity (Wildman–Crippen MR) is 107 cm³/mol. The molecule has 0 saturated carbocycles. The van der Waals surface area contributed by atoms with Crippen molar-refractivity contribution in [2.45, 2.75) is 73.5 Å². The summed E-state index contributed by atoms with van der Waals surface area (Å²) < 4.78 is 1.92. The number of aryl methyl sites for hydroxylation is 2. The highest BCUT2D eigenvalue weighted by atomic mass is 15.3. The normalized spacial score (nSPS) is 12.5. The summed E-state index contributed by atoms with van der Waals surface area (Å²) in [5, 5.41) is 11.2. The van der Waals surface area contributed by atoms with Crippen LogP contribution in [0.15, 0.2) is 4.99 Å². The summed E-state index contributed by atoms with van der Waals surface area (Å²) >= 11 is 0. The van der Waals surface area contributed by atoms with E-state index in [9.17, 15) is 0 Å². The minimum atomic E-state index is 0.582. The van der Waals surface area contributed by atoms with Crippen LogP contribution < -0.4 is 10.6 Å². The fourth-order valence-corrected chi connectivity index (χ4v) is 3.13. The lowest BCUT2D eigenvalue weighted by atomic mass is 10.2. The second kappa shape index (κ2) is 10.4. The Hall–Kier alpha value is -1.56. The van der Waals surface area contributed by atoms with Gasteiger partial charge < -0.3 is 10.6 Å².